The number of halogens is 1. The maximum atomic E-state index is 14.9. The minimum Gasteiger partial charge on any atom is -0.506 e. The zero-order chi connectivity index (χ0) is 20.8. The predicted octanol–water partition coefficient (Wildman–Crippen LogP) is -0.0527. The number of likely N-dealkylation sites (N-methyl/N-ethyl adjacent to an activating group) is 1. The summed E-state index contributed by atoms with van der Waals surface area (Å²) in [5.41, 5.74) is -0.558. The van der Waals surface area contributed by atoms with Crippen LogP contribution >= 0.6 is 0 Å². The van der Waals surface area contributed by atoms with E-state index in [4.69, 9.17) is 0 Å². The summed E-state index contributed by atoms with van der Waals surface area (Å²) in [5, 5.41) is 9.99. The predicted molar refractivity (Wildman–Crippen MR) is 105 cm³/mol. The van der Waals surface area contributed by atoms with Crippen molar-refractivity contribution in [2.45, 2.75) is 6.42 Å². The van der Waals surface area contributed by atoms with Crippen LogP contribution in [0.3, 0.4) is 0 Å². The first-order valence-corrected chi connectivity index (χ1v) is 11.0. The molecule has 29 heavy (non-hydrogen) atoms. The normalized spacial score (nSPS) is 26.7. The summed E-state index contributed by atoms with van der Waals surface area (Å²) in [4.78, 5) is 16.1. The smallest absolute Gasteiger partial charge is 0.326 e. The Morgan fingerprint density at radius 3 is 2.66 bits per heavy atom. The van der Waals surface area contributed by atoms with Gasteiger partial charge in [-0.3, -0.25) is 4.79 Å². The Bertz CT molecular complexity index is 995. The zero-order valence-corrected chi connectivity index (χ0v) is 16.9. The summed E-state index contributed by atoms with van der Waals surface area (Å²) in [5.74, 6) is 4.21. The third-order valence-electron chi connectivity index (χ3n) is 5.57. The van der Waals surface area contributed by atoms with Gasteiger partial charge in [0.25, 0.3) is 5.91 Å². The highest BCUT2D eigenvalue weighted by Crippen LogP contribution is 2.39. The lowest BCUT2D eigenvalue weighted by Crippen LogP contribution is -2.45. The number of phenolic OH excluding ortho intramolecular Hbond substituents is 1. The number of amides is 1. The number of benzene rings is 1. The van der Waals surface area contributed by atoms with E-state index in [0.29, 0.717) is 10.2 Å². The van der Waals surface area contributed by atoms with Crippen molar-refractivity contribution in [2.24, 2.45) is 11.8 Å². The molecule has 2 saturated heterocycles. The van der Waals surface area contributed by atoms with Crippen LogP contribution in [0, 0.1) is 29.5 Å². The summed E-state index contributed by atoms with van der Waals surface area (Å²) in [6.07, 6.45) is 0.963. The van der Waals surface area contributed by atoms with E-state index in [0.717, 1.165) is 39.1 Å². The molecule has 10 heteroatoms. The molecule has 3 fully saturated rings. The maximum absolute atomic E-state index is 14.9. The average molecular weight is 422 g/mol. The highest BCUT2D eigenvalue weighted by Gasteiger charge is 2.39. The van der Waals surface area contributed by atoms with Crippen LogP contribution in [0.15, 0.2) is 12.1 Å². The number of hydrogen-bond donors (Lipinski definition) is 2. The Kier molecular flexibility index (Phi) is 5.14. The molecule has 1 amide bonds. The number of nitrogens with one attached hydrogen (secondary N) is 1. The number of aromatic hydroxyl groups is 1. The lowest BCUT2D eigenvalue weighted by molar-refractivity contribution is -0.117. The molecule has 1 aromatic rings. The van der Waals surface area contributed by atoms with Gasteiger partial charge in [-0.2, -0.15) is 8.42 Å². The molecule has 2 heterocycles. The first-order chi connectivity index (χ1) is 13.7. The third-order valence-corrected chi connectivity index (χ3v) is 6.95. The molecule has 2 aliphatic heterocycles. The number of anilines is 1. The van der Waals surface area contributed by atoms with E-state index in [1.807, 2.05) is 0 Å². The van der Waals surface area contributed by atoms with Crippen molar-refractivity contribution in [1.29, 1.82) is 0 Å². The first kappa shape index (κ1) is 19.9. The summed E-state index contributed by atoms with van der Waals surface area (Å²) < 4.78 is 41.2. The summed E-state index contributed by atoms with van der Waals surface area (Å²) in [6.45, 7) is 4.60. The summed E-state index contributed by atoms with van der Waals surface area (Å²) >= 11 is 0. The van der Waals surface area contributed by atoms with Crippen molar-refractivity contribution in [2.75, 3.05) is 50.6 Å². The van der Waals surface area contributed by atoms with E-state index in [9.17, 15) is 22.7 Å². The lowest BCUT2D eigenvalue weighted by atomic mass is 10.1. The Labute approximate surface area is 169 Å². The van der Waals surface area contributed by atoms with Crippen molar-refractivity contribution >= 4 is 21.8 Å². The fourth-order valence-electron chi connectivity index (χ4n) is 3.69. The molecule has 1 aliphatic carbocycles. The van der Waals surface area contributed by atoms with Gasteiger partial charge in [0.15, 0.2) is 5.82 Å². The van der Waals surface area contributed by atoms with Crippen LogP contribution in [0.25, 0.3) is 0 Å². The second-order valence-corrected chi connectivity index (χ2v) is 9.40. The van der Waals surface area contributed by atoms with Gasteiger partial charge < -0.3 is 14.9 Å². The molecule has 8 nitrogen and oxygen atoms in total. The minimum absolute atomic E-state index is 0.00223. The minimum atomic E-state index is -4.22. The number of carbonyl (C=O) groups is 1. The van der Waals surface area contributed by atoms with Gasteiger partial charge in [0.05, 0.1) is 5.56 Å². The zero-order valence-electron chi connectivity index (χ0n) is 16.1. The number of piperazine rings is 1. The van der Waals surface area contributed by atoms with Crippen LogP contribution in [0.5, 0.6) is 5.75 Å². The number of hydrogen-bond acceptors (Lipinski definition) is 6. The molecule has 1 aromatic carbocycles. The van der Waals surface area contributed by atoms with Crippen molar-refractivity contribution < 1.29 is 22.7 Å². The molecule has 0 unspecified atom stereocenters. The highest BCUT2D eigenvalue weighted by atomic mass is 32.2. The average Bonchev–Trinajstić information content (AvgIpc) is 3.33. The van der Waals surface area contributed by atoms with Crippen LogP contribution in [-0.4, -0.2) is 75.5 Å². The van der Waals surface area contributed by atoms with E-state index in [1.165, 1.54) is 12.1 Å². The molecule has 0 radical (unpaired) electrons. The van der Waals surface area contributed by atoms with Crippen LogP contribution in [0.2, 0.25) is 0 Å². The van der Waals surface area contributed by atoms with E-state index >= 15 is 0 Å². The van der Waals surface area contributed by atoms with Gasteiger partial charge in [-0.05, 0) is 31.5 Å². The third kappa shape index (κ3) is 4.17. The second kappa shape index (κ2) is 7.48. The van der Waals surface area contributed by atoms with E-state index < -0.39 is 39.9 Å². The number of phenols is 1. The van der Waals surface area contributed by atoms with Gasteiger partial charge >= 0.3 is 10.2 Å². The molecule has 4 rings (SSSR count). The second-order valence-electron chi connectivity index (χ2n) is 7.81. The van der Waals surface area contributed by atoms with E-state index in [1.54, 1.807) is 4.72 Å². The number of rotatable bonds is 3. The van der Waals surface area contributed by atoms with Gasteiger partial charge in [-0.1, -0.05) is 11.8 Å². The molecule has 1 saturated carbocycles. The first-order valence-electron chi connectivity index (χ1n) is 9.52. The maximum Gasteiger partial charge on any atom is 0.326 e. The molecule has 0 aromatic heterocycles. The van der Waals surface area contributed by atoms with Crippen molar-refractivity contribution in [3.8, 4) is 17.6 Å². The Morgan fingerprint density at radius 2 is 2.00 bits per heavy atom. The van der Waals surface area contributed by atoms with Crippen molar-refractivity contribution in [3.05, 3.63) is 23.5 Å². The summed E-state index contributed by atoms with van der Waals surface area (Å²) in [7, 11) is -2.11. The molecule has 2 N–H and O–H groups in total. The monoisotopic (exact) mass is 422 g/mol. The lowest BCUT2D eigenvalue weighted by Gasteiger charge is -2.32. The fraction of sp³-hybridized carbons (Fsp3) is 0.526. The topological polar surface area (TPSA) is 93.2 Å². The Balaban J connectivity index is 1.47. The summed E-state index contributed by atoms with van der Waals surface area (Å²) in [6, 6.07) is 2.51. The van der Waals surface area contributed by atoms with Gasteiger partial charge in [-0.25, -0.2) is 13.4 Å². The molecule has 2 atom stereocenters. The number of nitrogens with zero attached hydrogens (tertiary/aromatic N) is 3. The quantitative estimate of drug-likeness (QED) is 0.664. The van der Waals surface area contributed by atoms with Gasteiger partial charge in [-0.15, -0.1) is 0 Å². The molecule has 3 aliphatic rings. The van der Waals surface area contributed by atoms with Crippen LogP contribution in [-0.2, 0) is 15.0 Å². The molecular weight excluding hydrogens is 399 g/mol. The standard InChI is InChI=1S/C19H23FN4O4S/c1-22-6-8-23(9-7-22)11-15-10-14(15)3-2-13-4-5-16(25)19(18(13)20)24-12-17(26)21-29(24,27)28/h4-5,14-15,25H,6-12H2,1H3,(H,21,26)/t14-,15+/m1/s1. The van der Waals surface area contributed by atoms with Crippen LogP contribution < -0.4 is 9.03 Å². The number of carbonyl (C=O) groups excluding carboxylic acids is 1. The molecular formula is C19H23FN4O4S. The molecule has 156 valence electrons. The van der Waals surface area contributed by atoms with E-state index in [-0.39, 0.29) is 11.5 Å². The largest absolute Gasteiger partial charge is 0.506 e. The van der Waals surface area contributed by atoms with Crippen molar-refractivity contribution in [1.82, 2.24) is 14.5 Å². The fourth-order valence-corrected chi connectivity index (χ4v) is 4.86. The molecule has 0 bridgehead atoms. The van der Waals surface area contributed by atoms with Crippen LogP contribution in [0.4, 0.5) is 10.1 Å². The van der Waals surface area contributed by atoms with E-state index in [2.05, 4.69) is 28.7 Å². The van der Waals surface area contributed by atoms with Gasteiger partial charge in [0.1, 0.15) is 18.0 Å². The van der Waals surface area contributed by atoms with Crippen LogP contribution in [0.1, 0.15) is 12.0 Å². The Morgan fingerprint density at radius 1 is 1.28 bits per heavy atom. The van der Waals surface area contributed by atoms with Gasteiger partial charge in [0, 0.05) is 38.6 Å². The highest BCUT2D eigenvalue weighted by molar-refractivity contribution is 7.92. The van der Waals surface area contributed by atoms with Gasteiger partial charge in [0.2, 0.25) is 0 Å². The van der Waals surface area contributed by atoms with Crippen molar-refractivity contribution in [3.63, 3.8) is 0 Å². The Hall–Kier alpha value is -2.35. The SMILES string of the molecule is CN1CCN(C[C@@H]2C[C@H]2C#Cc2ccc(O)c(N3CC(=O)NS3(=O)=O)c2F)CC1. The molecule has 0 spiro atoms.